The van der Waals surface area contributed by atoms with Crippen LogP contribution in [-0.4, -0.2) is 40.3 Å². The molecule has 2 aromatic heterocycles. The van der Waals surface area contributed by atoms with E-state index >= 15 is 0 Å². The van der Waals surface area contributed by atoms with E-state index in [1.54, 1.807) is 48.5 Å². The third kappa shape index (κ3) is 5.50. The summed E-state index contributed by atoms with van der Waals surface area (Å²) in [6.07, 6.45) is 2.95. The van der Waals surface area contributed by atoms with Gasteiger partial charge in [0.1, 0.15) is 16.6 Å². The molecule has 0 amide bonds. The summed E-state index contributed by atoms with van der Waals surface area (Å²) in [5.41, 5.74) is 1.66. The van der Waals surface area contributed by atoms with Crippen LogP contribution in [0.25, 0.3) is 0 Å². The average Bonchev–Trinajstić information content (AvgIpc) is 3.17. The van der Waals surface area contributed by atoms with Crippen molar-refractivity contribution in [3.8, 4) is 5.75 Å². The van der Waals surface area contributed by atoms with Crippen molar-refractivity contribution in [2.75, 3.05) is 27.7 Å². The molecule has 186 valence electrons. The summed E-state index contributed by atoms with van der Waals surface area (Å²) in [4.78, 5) is 13.9. The van der Waals surface area contributed by atoms with Crippen LogP contribution < -0.4 is 20.1 Å². The van der Waals surface area contributed by atoms with E-state index < -0.39 is 10.0 Å². The van der Waals surface area contributed by atoms with Gasteiger partial charge in [0.05, 0.1) is 18.5 Å². The second-order valence-corrected chi connectivity index (χ2v) is 11.2. The first-order valence-corrected chi connectivity index (χ1v) is 13.7. The van der Waals surface area contributed by atoms with Gasteiger partial charge in [-0.1, -0.05) is 17.7 Å². The fourth-order valence-corrected chi connectivity index (χ4v) is 5.45. The van der Waals surface area contributed by atoms with Crippen LogP contribution in [0, 0.1) is 6.92 Å². The fourth-order valence-electron chi connectivity index (χ4n) is 3.44. The molecule has 36 heavy (non-hydrogen) atoms. The Labute approximate surface area is 217 Å². The number of anilines is 5. The molecule has 1 aliphatic heterocycles. The highest BCUT2D eigenvalue weighted by Gasteiger charge is 2.20. The molecule has 0 saturated heterocycles. The molecule has 1 aliphatic rings. The van der Waals surface area contributed by atoms with Crippen LogP contribution in [0.4, 0.5) is 28.8 Å². The summed E-state index contributed by atoms with van der Waals surface area (Å²) < 4.78 is 36.1. The van der Waals surface area contributed by atoms with Gasteiger partial charge >= 0.3 is 0 Å². The number of hydrogen-bond donors (Lipinski definition) is 3. The van der Waals surface area contributed by atoms with Crippen LogP contribution in [-0.2, 0) is 17.1 Å². The predicted molar refractivity (Wildman–Crippen MR) is 141 cm³/mol. The highest BCUT2D eigenvalue weighted by Crippen LogP contribution is 2.31. The van der Waals surface area contributed by atoms with E-state index in [-0.39, 0.29) is 11.0 Å². The number of halogens is 1. The Hall–Kier alpha value is -3.48. The van der Waals surface area contributed by atoms with E-state index in [0.717, 1.165) is 10.6 Å². The maximum Gasteiger partial charge on any atom is 0.280 e. The van der Waals surface area contributed by atoms with Crippen LogP contribution in [0.3, 0.4) is 0 Å². The van der Waals surface area contributed by atoms with Crippen LogP contribution in [0.15, 0.2) is 64.8 Å². The summed E-state index contributed by atoms with van der Waals surface area (Å²) >= 11 is 7.96. The van der Waals surface area contributed by atoms with Gasteiger partial charge in [0, 0.05) is 47.4 Å². The number of benzene rings is 2. The standard InChI is InChI=1S/C23H22ClN7O3S2/c1-14-26-21(13-31(14)2)36(32,33)30-17-8-16-9-18(10-17)34-6-7-35-19-5-3-4-15(11-19)27-22-20(24)12-25-23(28-16)29-22/h3-5,8-13,30H,6-7H2,1-2H3,(H2,25,27,28,29). The van der Waals surface area contributed by atoms with Gasteiger partial charge in [0.15, 0.2) is 10.8 Å². The SMILES string of the molecule is Cc1nc(S(=O)(=O)Nc2cc3cc(c2)OCCSc2cccc(c2)Nc2nc(ncc2Cl)N3)cn1C. The first-order valence-electron chi connectivity index (χ1n) is 10.9. The van der Waals surface area contributed by atoms with Crippen molar-refractivity contribution in [1.82, 2.24) is 19.5 Å². The molecule has 0 saturated carbocycles. The topological polar surface area (TPSA) is 123 Å². The molecular formula is C23H22ClN7O3S2. The molecule has 0 unspecified atom stereocenters. The zero-order valence-corrected chi connectivity index (χ0v) is 21.7. The molecule has 2 aromatic carbocycles. The summed E-state index contributed by atoms with van der Waals surface area (Å²) in [5.74, 6) is 2.45. The Morgan fingerprint density at radius 3 is 2.81 bits per heavy atom. The van der Waals surface area contributed by atoms with Crippen molar-refractivity contribution in [1.29, 1.82) is 0 Å². The van der Waals surface area contributed by atoms with E-state index in [4.69, 9.17) is 16.3 Å². The van der Waals surface area contributed by atoms with E-state index in [2.05, 4.69) is 30.3 Å². The zero-order valence-electron chi connectivity index (χ0n) is 19.3. The van der Waals surface area contributed by atoms with E-state index in [1.165, 1.54) is 12.4 Å². The number of thioether (sulfide) groups is 1. The third-order valence-corrected chi connectivity index (χ3v) is 7.72. The minimum Gasteiger partial charge on any atom is -0.493 e. The monoisotopic (exact) mass is 543 g/mol. The molecular weight excluding hydrogens is 522 g/mol. The van der Waals surface area contributed by atoms with Crippen molar-refractivity contribution >= 4 is 62.2 Å². The van der Waals surface area contributed by atoms with Gasteiger partial charge in [0.25, 0.3) is 10.0 Å². The Kier molecular flexibility index (Phi) is 6.65. The van der Waals surface area contributed by atoms with Crippen molar-refractivity contribution in [2.24, 2.45) is 7.05 Å². The number of fused-ring (bicyclic) bond motifs is 6. The number of hydrogen-bond acceptors (Lipinski definition) is 9. The van der Waals surface area contributed by atoms with Crippen LogP contribution in [0.5, 0.6) is 5.75 Å². The molecule has 13 heteroatoms. The number of nitrogens with zero attached hydrogens (tertiary/aromatic N) is 4. The predicted octanol–water partition coefficient (Wildman–Crippen LogP) is 4.94. The molecule has 5 rings (SSSR count). The van der Waals surface area contributed by atoms with Gasteiger partial charge in [-0.15, -0.1) is 11.8 Å². The highest BCUT2D eigenvalue weighted by molar-refractivity contribution is 7.99. The van der Waals surface area contributed by atoms with Gasteiger partial charge in [-0.25, -0.2) is 9.97 Å². The van der Waals surface area contributed by atoms with E-state index in [9.17, 15) is 8.42 Å². The van der Waals surface area contributed by atoms with Gasteiger partial charge in [-0.05, 0) is 31.2 Å². The molecule has 6 bridgehead atoms. The Morgan fingerprint density at radius 1 is 1.14 bits per heavy atom. The van der Waals surface area contributed by atoms with Crippen molar-refractivity contribution < 1.29 is 13.2 Å². The number of aromatic nitrogens is 4. The second kappa shape index (κ2) is 9.88. The van der Waals surface area contributed by atoms with Gasteiger partial charge in [-0.2, -0.15) is 13.4 Å². The lowest BCUT2D eigenvalue weighted by Gasteiger charge is -2.14. The van der Waals surface area contributed by atoms with Gasteiger partial charge in [0.2, 0.25) is 5.95 Å². The summed E-state index contributed by atoms with van der Waals surface area (Å²) in [6, 6.07) is 12.9. The second-order valence-electron chi connectivity index (χ2n) is 7.95. The molecule has 10 nitrogen and oxygen atoms in total. The smallest absolute Gasteiger partial charge is 0.280 e. The van der Waals surface area contributed by atoms with Crippen molar-refractivity contribution in [3.63, 3.8) is 0 Å². The van der Waals surface area contributed by atoms with Crippen LogP contribution in [0.2, 0.25) is 5.02 Å². The van der Waals surface area contributed by atoms with E-state index in [1.807, 2.05) is 24.3 Å². The van der Waals surface area contributed by atoms with Crippen LogP contribution >= 0.6 is 23.4 Å². The van der Waals surface area contributed by atoms with Crippen molar-refractivity contribution in [3.05, 3.63) is 65.7 Å². The quantitative estimate of drug-likeness (QED) is 0.329. The average molecular weight is 544 g/mol. The molecule has 0 aliphatic carbocycles. The number of aryl methyl sites for hydroxylation is 2. The first-order chi connectivity index (χ1) is 17.2. The van der Waals surface area contributed by atoms with Gasteiger partial charge < -0.3 is 19.9 Å². The number of sulfonamides is 1. The lowest BCUT2D eigenvalue weighted by molar-refractivity contribution is 0.344. The largest absolute Gasteiger partial charge is 0.493 e. The minimum absolute atomic E-state index is 0.0726. The lowest BCUT2D eigenvalue weighted by atomic mass is 10.2. The Bertz CT molecular complexity index is 1520. The summed E-state index contributed by atoms with van der Waals surface area (Å²) in [6.45, 7) is 2.14. The molecule has 3 N–H and O–H groups in total. The Balaban J connectivity index is 1.50. The fraction of sp³-hybridized carbons (Fsp3) is 0.174. The number of nitrogens with one attached hydrogen (secondary N) is 3. The number of imidazole rings is 1. The third-order valence-electron chi connectivity index (χ3n) is 5.24. The summed E-state index contributed by atoms with van der Waals surface area (Å²) in [7, 11) is -2.18. The minimum atomic E-state index is -3.92. The van der Waals surface area contributed by atoms with Crippen LogP contribution in [0.1, 0.15) is 5.82 Å². The normalized spacial score (nSPS) is 13.4. The molecule has 0 fully saturated rings. The summed E-state index contributed by atoms with van der Waals surface area (Å²) in [5, 5.41) is 6.62. The van der Waals surface area contributed by atoms with Crippen molar-refractivity contribution in [2.45, 2.75) is 16.8 Å². The molecule has 0 spiro atoms. The number of ether oxygens (including phenoxy) is 1. The maximum atomic E-state index is 13.0. The number of rotatable bonds is 3. The maximum absolute atomic E-state index is 13.0. The van der Waals surface area contributed by atoms with E-state index in [0.29, 0.717) is 46.1 Å². The first kappa shape index (κ1) is 24.2. The zero-order chi connectivity index (χ0) is 25.3. The lowest BCUT2D eigenvalue weighted by Crippen LogP contribution is -2.14. The molecule has 3 heterocycles. The highest BCUT2D eigenvalue weighted by atomic mass is 35.5. The Morgan fingerprint density at radius 2 is 2.00 bits per heavy atom. The van der Waals surface area contributed by atoms with Gasteiger partial charge in [-0.3, -0.25) is 4.72 Å². The molecule has 0 radical (unpaired) electrons. The molecule has 0 atom stereocenters. The molecule has 4 aromatic rings.